The van der Waals surface area contributed by atoms with E-state index in [9.17, 15) is 8.42 Å². The molecule has 4 heterocycles. The van der Waals surface area contributed by atoms with Crippen LogP contribution in [0, 0.1) is 0 Å². The van der Waals surface area contributed by atoms with Gasteiger partial charge in [-0.3, -0.25) is 9.88 Å². The maximum atomic E-state index is 14.1. The third kappa shape index (κ3) is 2.93. The maximum Gasteiger partial charge on any atom is 0.269 e. The van der Waals surface area contributed by atoms with Gasteiger partial charge in [0.1, 0.15) is 0 Å². The Morgan fingerprint density at radius 3 is 2.81 bits per heavy atom. The summed E-state index contributed by atoms with van der Waals surface area (Å²) in [7, 11) is -3.83. The average Bonchev–Trinajstić information content (AvgIpc) is 3.43. The second-order valence-electron chi connectivity index (χ2n) is 8.44. The van der Waals surface area contributed by atoms with Gasteiger partial charge in [0, 0.05) is 29.6 Å². The maximum absolute atomic E-state index is 14.1. The Labute approximate surface area is 181 Å². The van der Waals surface area contributed by atoms with E-state index < -0.39 is 10.0 Å². The third-order valence-electron chi connectivity index (χ3n) is 6.69. The van der Waals surface area contributed by atoms with Gasteiger partial charge in [0.05, 0.1) is 22.3 Å². The van der Waals surface area contributed by atoms with Crippen molar-refractivity contribution in [3.8, 4) is 0 Å². The van der Waals surface area contributed by atoms with E-state index in [4.69, 9.17) is 0 Å². The number of benzene rings is 2. The van der Waals surface area contributed by atoms with Crippen LogP contribution >= 0.6 is 0 Å². The average molecular weight is 430 g/mol. The molecule has 0 aliphatic carbocycles. The first kappa shape index (κ1) is 18.8. The van der Waals surface area contributed by atoms with Crippen molar-refractivity contribution in [2.45, 2.75) is 30.2 Å². The topological polar surface area (TPSA) is 55.2 Å². The van der Waals surface area contributed by atoms with Crippen molar-refractivity contribution in [2.24, 2.45) is 0 Å². The van der Waals surface area contributed by atoms with Crippen molar-refractivity contribution in [2.75, 3.05) is 13.1 Å². The monoisotopic (exact) mass is 429 g/mol. The molecule has 2 aromatic heterocycles. The van der Waals surface area contributed by atoms with Crippen molar-refractivity contribution < 1.29 is 8.42 Å². The molecule has 2 aliphatic heterocycles. The van der Waals surface area contributed by atoms with Gasteiger partial charge in [0.2, 0.25) is 0 Å². The summed E-state index contributed by atoms with van der Waals surface area (Å²) in [6.07, 6.45) is 8.86. The molecule has 0 spiro atoms. The van der Waals surface area contributed by atoms with Gasteiger partial charge in [0.15, 0.2) is 0 Å². The number of aromatic nitrogens is 2. The fourth-order valence-electron chi connectivity index (χ4n) is 5.17. The molecule has 5 nitrogen and oxygen atoms in total. The molecule has 2 aromatic carbocycles. The SMILES string of the molecule is O=S(=O)(c1cccc2ccccc12)n1c(C2=CCN3CCCC3C2)cc2ccncc21. The number of pyridine rings is 1. The van der Waals surface area contributed by atoms with Gasteiger partial charge in [-0.15, -0.1) is 0 Å². The molecule has 1 unspecified atom stereocenters. The predicted molar refractivity (Wildman–Crippen MR) is 123 cm³/mol. The number of hydrogen-bond acceptors (Lipinski definition) is 4. The molecule has 6 heteroatoms. The smallest absolute Gasteiger partial charge is 0.269 e. The van der Waals surface area contributed by atoms with E-state index in [1.54, 1.807) is 18.5 Å². The molecule has 6 rings (SSSR count). The molecule has 2 aliphatic rings. The largest absolute Gasteiger partial charge is 0.296 e. The number of fused-ring (bicyclic) bond motifs is 3. The molecule has 1 atom stereocenters. The van der Waals surface area contributed by atoms with E-state index in [-0.39, 0.29) is 0 Å². The van der Waals surface area contributed by atoms with E-state index in [2.05, 4.69) is 16.0 Å². The minimum Gasteiger partial charge on any atom is -0.296 e. The second-order valence-corrected chi connectivity index (χ2v) is 10.2. The van der Waals surface area contributed by atoms with Gasteiger partial charge in [0.25, 0.3) is 10.0 Å². The van der Waals surface area contributed by atoms with Gasteiger partial charge in [-0.2, -0.15) is 0 Å². The lowest BCUT2D eigenvalue weighted by Gasteiger charge is -2.29. The van der Waals surface area contributed by atoms with Crippen LogP contribution in [0.4, 0.5) is 0 Å². The van der Waals surface area contributed by atoms with E-state index in [1.807, 2.05) is 48.5 Å². The minimum absolute atomic E-state index is 0.326. The second kappa shape index (κ2) is 7.04. The number of nitrogens with zero attached hydrogens (tertiary/aromatic N) is 3. The standard InChI is InChI=1S/C25H23N3O2S/c29-31(30,25-9-3-6-18-5-1-2-8-22(18)25)28-23(16-19-10-12-26-17-24(19)28)20-11-14-27-13-4-7-21(27)15-20/h1-3,5-6,8-12,16-17,21H,4,7,13-15H2. The summed E-state index contributed by atoms with van der Waals surface area (Å²) in [5.41, 5.74) is 2.51. The van der Waals surface area contributed by atoms with E-state index in [0.29, 0.717) is 16.5 Å². The molecule has 0 saturated carbocycles. The summed E-state index contributed by atoms with van der Waals surface area (Å²) in [5.74, 6) is 0. The first-order valence-electron chi connectivity index (χ1n) is 10.8. The van der Waals surface area contributed by atoms with Crippen LogP contribution in [0.3, 0.4) is 0 Å². The van der Waals surface area contributed by atoms with Crippen LogP contribution in [0.2, 0.25) is 0 Å². The molecule has 4 aromatic rings. The van der Waals surface area contributed by atoms with Crippen LogP contribution in [-0.2, 0) is 10.0 Å². The summed E-state index contributed by atoms with van der Waals surface area (Å²) in [4.78, 5) is 7.07. The van der Waals surface area contributed by atoms with E-state index in [1.165, 1.54) is 16.8 Å². The number of rotatable bonds is 3. The van der Waals surface area contributed by atoms with Crippen LogP contribution in [0.15, 0.2) is 78.0 Å². The van der Waals surface area contributed by atoms with Crippen molar-refractivity contribution in [1.82, 2.24) is 13.9 Å². The minimum atomic E-state index is -3.83. The zero-order valence-electron chi connectivity index (χ0n) is 17.1. The van der Waals surface area contributed by atoms with Gasteiger partial charge in [-0.1, -0.05) is 42.5 Å². The highest BCUT2D eigenvalue weighted by atomic mass is 32.2. The summed E-state index contributed by atoms with van der Waals surface area (Å²) in [6.45, 7) is 2.02. The zero-order valence-corrected chi connectivity index (χ0v) is 17.9. The predicted octanol–water partition coefficient (Wildman–Crippen LogP) is 4.68. The highest BCUT2D eigenvalue weighted by molar-refractivity contribution is 7.90. The summed E-state index contributed by atoms with van der Waals surface area (Å²) in [6, 6.07) is 17.5. The van der Waals surface area contributed by atoms with Crippen LogP contribution in [0.1, 0.15) is 25.0 Å². The molecule has 31 heavy (non-hydrogen) atoms. The molecule has 0 amide bonds. The van der Waals surface area contributed by atoms with Crippen LogP contribution < -0.4 is 0 Å². The lowest BCUT2D eigenvalue weighted by atomic mass is 9.98. The molecule has 0 bridgehead atoms. The first-order valence-corrected chi connectivity index (χ1v) is 12.2. The third-order valence-corrected chi connectivity index (χ3v) is 8.47. The van der Waals surface area contributed by atoms with Crippen molar-refractivity contribution in [3.05, 3.63) is 78.8 Å². The Morgan fingerprint density at radius 2 is 1.87 bits per heavy atom. The highest BCUT2D eigenvalue weighted by Crippen LogP contribution is 2.37. The fourth-order valence-corrected chi connectivity index (χ4v) is 6.92. The summed E-state index contributed by atoms with van der Waals surface area (Å²) in [5, 5.41) is 2.54. The number of hydrogen-bond donors (Lipinski definition) is 0. The fraction of sp³-hybridized carbons (Fsp3) is 0.240. The molecule has 0 N–H and O–H groups in total. The molecular weight excluding hydrogens is 406 g/mol. The van der Waals surface area contributed by atoms with Crippen LogP contribution in [0.25, 0.3) is 27.2 Å². The molecular formula is C25H23N3O2S. The quantitative estimate of drug-likeness (QED) is 0.475. The lowest BCUT2D eigenvalue weighted by Crippen LogP contribution is -2.33. The Hall–Kier alpha value is -2.96. The lowest BCUT2D eigenvalue weighted by molar-refractivity contribution is 0.275. The molecule has 0 radical (unpaired) electrons. The summed E-state index contributed by atoms with van der Waals surface area (Å²) < 4.78 is 29.7. The normalized spacial score (nSPS) is 19.6. The Kier molecular flexibility index (Phi) is 4.26. The van der Waals surface area contributed by atoms with E-state index >= 15 is 0 Å². The Balaban J connectivity index is 1.59. The van der Waals surface area contributed by atoms with Gasteiger partial charge in [-0.05, 0) is 55.0 Å². The summed E-state index contributed by atoms with van der Waals surface area (Å²) >= 11 is 0. The van der Waals surface area contributed by atoms with Gasteiger partial charge in [-0.25, -0.2) is 12.4 Å². The van der Waals surface area contributed by atoms with Gasteiger partial charge < -0.3 is 0 Å². The van der Waals surface area contributed by atoms with Crippen molar-refractivity contribution in [3.63, 3.8) is 0 Å². The molecule has 156 valence electrons. The zero-order chi connectivity index (χ0) is 21.0. The Bertz CT molecular complexity index is 1450. The van der Waals surface area contributed by atoms with Crippen LogP contribution in [-0.4, -0.2) is 41.4 Å². The van der Waals surface area contributed by atoms with Gasteiger partial charge >= 0.3 is 0 Å². The van der Waals surface area contributed by atoms with E-state index in [0.717, 1.165) is 46.9 Å². The molecule has 1 fully saturated rings. The van der Waals surface area contributed by atoms with Crippen molar-refractivity contribution in [1.29, 1.82) is 0 Å². The highest BCUT2D eigenvalue weighted by Gasteiger charge is 2.32. The molecule has 1 saturated heterocycles. The Morgan fingerprint density at radius 1 is 1.00 bits per heavy atom. The first-order chi connectivity index (χ1) is 15.1. The van der Waals surface area contributed by atoms with Crippen LogP contribution in [0.5, 0.6) is 0 Å². The van der Waals surface area contributed by atoms with Crippen molar-refractivity contribution >= 4 is 37.3 Å².